The average Bonchev–Trinajstić information content (AvgIpc) is 2.34. The molecule has 0 radical (unpaired) electrons. The molecule has 0 amide bonds. The van der Waals surface area contributed by atoms with Crippen LogP contribution in [0.5, 0.6) is 0 Å². The fourth-order valence-electron chi connectivity index (χ4n) is 0.616. The first kappa shape index (κ1) is 6.32. The number of aliphatic hydroxyl groups is 1. The predicted molar refractivity (Wildman–Crippen MR) is 32.5 cm³/mol. The highest BCUT2D eigenvalue weighted by atomic mass is 16.3. The van der Waals surface area contributed by atoms with Crippen molar-refractivity contribution in [2.24, 2.45) is 5.73 Å². The Hall–Kier alpha value is -0.800. The first-order valence-corrected chi connectivity index (χ1v) is 2.74. The van der Waals surface area contributed by atoms with Crippen LogP contribution in [0.4, 0.5) is 0 Å². The van der Waals surface area contributed by atoms with Crippen LogP contribution in [-0.2, 0) is 13.2 Å². The van der Waals surface area contributed by atoms with E-state index in [4.69, 9.17) is 15.3 Å². The van der Waals surface area contributed by atoms with E-state index in [1.165, 1.54) is 6.26 Å². The van der Waals surface area contributed by atoms with Gasteiger partial charge in [-0.3, -0.25) is 0 Å². The van der Waals surface area contributed by atoms with Crippen molar-refractivity contribution < 1.29 is 9.52 Å². The summed E-state index contributed by atoms with van der Waals surface area (Å²) in [5.41, 5.74) is 6.02. The molecule has 1 rings (SSSR count). The van der Waals surface area contributed by atoms with Crippen LogP contribution in [0, 0.1) is 0 Å². The summed E-state index contributed by atoms with van der Waals surface area (Å²) in [6, 6.07) is 1.74. The van der Waals surface area contributed by atoms with Crippen molar-refractivity contribution in [1.29, 1.82) is 0 Å². The van der Waals surface area contributed by atoms with Gasteiger partial charge in [0.15, 0.2) is 0 Å². The van der Waals surface area contributed by atoms with Crippen molar-refractivity contribution in [2.75, 3.05) is 0 Å². The smallest absolute Gasteiger partial charge is 0.117 e. The Morgan fingerprint density at radius 2 is 2.44 bits per heavy atom. The minimum absolute atomic E-state index is 0.0174. The molecule has 3 nitrogen and oxygen atoms in total. The van der Waals surface area contributed by atoms with Gasteiger partial charge in [0.2, 0.25) is 0 Å². The zero-order valence-corrected chi connectivity index (χ0v) is 5.00. The number of aliphatic hydroxyl groups excluding tert-OH is 1. The van der Waals surface area contributed by atoms with Gasteiger partial charge in [0.05, 0.1) is 19.4 Å². The molecule has 0 bridgehead atoms. The highest BCUT2D eigenvalue weighted by molar-refractivity contribution is 5.10. The Labute approximate surface area is 53.1 Å². The molecule has 0 fully saturated rings. The molecule has 0 saturated heterocycles. The van der Waals surface area contributed by atoms with Gasteiger partial charge in [0.1, 0.15) is 5.76 Å². The molecule has 0 aliphatic carbocycles. The third-order valence-electron chi connectivity index (χ3n) is 1.09. The zero-order chi connectivity index (χ0) is 6.69. The van der Waals surface area contributed by atoms with Crippen LogP contribution in [0.15, 0.2) is 16.7 Å². The van der Waals surface area contributed by atoms with Gasteiger partial charge in [0, 0.05) is 5.56 Å². The molecule has 1 aromatic heterocycles. The summed E-state index contributed by atoms with van der Waals surface area (Å²) in [5.74, 6) is 0.707. The largest absolute Gasteiger partial charge is 0.468 e. The highest BCUT2D eigenvalue weighted by Gasteiger charge is 1.95. The van der Waals surface area contributed by atoms with Crippen molar-refractivity contribution in [1.82, 2.24) is 0 Å². The Balaban J connectivity index is 2.74. The minimum atomic E-state index is 0.0174. The topological polar surface area (TPSA) is 59.4 Å². The minimum Gasteiger partial charge on any atom is -0.468 e. The van der Waals surface area contributed by atoms with Crippen LogP contribution >= 0.6 is 0 Å². The standard InChI is InChI=1S/C6H9NO2/c7-2-6-1-5(3-8)4-9-6/h1,4,8H,2-3,7H2. The molecule has 0 aromatic carbocycles. The number of hydrogen-bond acceptors (Lipinski definition) is 3. The van der Waals surface area contributed by atoms with Gasteiger partial charge in [-0.15, -0.1) is 0 Å². The third kappa shape index (κ3) is 1.31. The van der Waals surface area contributed by atoms with Crippen molar-refractivity contribution >= 4 is 0 Å². The Kier molecular flexibility index (Phi) is 1.87. The van der Waals surface area contributed by atoms with Gasteiger partial charge < -0.3 is 15.3 Å². The van der Waals surface area contributed by atoms with E-state index in [1.807, 2.05) is 0 Å². The van der Waals surface area contributed by atoms with Crippen LogP contribution in [-0.4, -0.2) is 5.11 Å². The SMILES string of the molecule is NCc1cc(CO)co1. The molecule has 3 N–H and O–H groups in total. The monoisotopic (exact) mass is 127 g/mol. The molecule has 0 atom stereocenters. The van der Waals surface area contributed by atoms with E-state index >= 15 is 0 Å². The van der Waals surface area contributed by atoms with Gasteiger partial charge in [-0.05, 0) is 6.07 Å². The molecule has 0 aliphatic heterocycles. The summed E-state index contributed by atoms with van der Waals surface area (Å²) < 4.78 is 4.92. The lowest BCUT2D eigenvalue weighted by atomic mass is 10.3. The highest BCUT2D eigenvalue weighted by Crippen LogP contribution is 2.05. The summed E-state index contributed by atoms with van der Waals surface area (Å²) in [5, 5.41) is 8.55. The fourth-order valence-corrected chi connectivity index (χ4v) is 0.616. The maximum Gasteiger partial charge on any atom is 0.117 e. The second kappa shape index (κ2) is 2.66. The molecule has 1 aromatic rings. The Morgan fingerprint density at radius 3 is 2.78 bits per heavy atom. The molecule has 3 heteroatoms. The van der Waals surface area contributed by atoms with E-state index < -0.39 is 0 Å². The van der Waals surface area contributed by atoms with Gasteiger partial charge in [0.25, 0.3) is 0 Å². The number of nitrogens with two attached hydrogens (primary N) is 1. The van der Waals surface area contributed by atoms with Crippen LogP contribution in [0.3, 0.4) is 0 Å². The summed E-state index contributed by atoms with van der Waals surface area (Å²) in [7, 11) is 0. The first-order valence-electron chi connectivity index (χ1n) is 2.74. The van der Waals surface area contributed by atoms with E-state index in [2.05, 4.69) is 0 Å². The van der Waals surface area contributed by atoms with E-state index in [0.717, 1.165) is 5.56 Å². The summed E-state index contributed by atoms with van der Waals surface area (Å²) in [6.45, 7) is 0.406. The molecule has 0 aliphatic rings. The van der Waals surface area contributed by atoms with E-state index in [9.17, 15) is 0 Å². The summed E-state index contributed by atoms with van der Waals surface area (Å²) >= 11 is 0. The molecule has 0 saturated carbocycles. The molecular formula is C6H9NO2. The summed E-state index contributed by atoms with van der Waals surface area (Å²) in [4.78, 5) is 0. The van der Waals surface area contributed by atoms with Crippen molar-refractivity contribution in [3.05, 3.63) is 23.7 Å². The predicted octanol–water partition coefficient (Wildman–Crippen LogP) is 0.231. The lowest BCUT2D eigenvalue weighted by molar-refractivity contribution is 0.280. The van der Waals surface area contributed by atoms with Gasteiger partial charge >= 0.3 is 0 Å². The number of hydrogen-bond donors (Lipinski definition) is 2. The van der Waals surface area contributed by atoms with E-state index in [0.29, 0.717) is 12.3 Å². The van der Waals surface area contributed by atoms with Crippen LogP contribution in [0.25, 0.3) is 0 Å². The maximum absolute atomic E-state index is 8.55. The Bertz CT molecular complexity index is 164. The van der Waals surface area contributed by atoms with Crippen molar-refractivity contribution in [3.63, 3.8) is 0 Å². The van der Waals surface area contributed by atoms with E-state index in [-0.39, 0.29) is 6.61 Å². The molecular weight excluding hydrogens is 118 g/mol. The lowest BCUT2D eigenvalue weighted by Gasteiger charge is -1.81. The van der Waals surface area contributed by atoms with Gasteiger partial charge in [-0.1, -0.05) is 0 Å². The lowest BCUT2D eigenvalue weighted by Crippen LogP contribution is -1.92. The van der Waals surface area contributed by atoms with Crippen molar-refractivity contribution in [3.8, 4) is 0 Å². The zero-order valence-electron chi connectivity index (χ0n) is 5.00. The average molecular weight is 127 g/mol. The number of rotatable bonds is 2. The molecule has 9 heavy (non-hydrogen) atoms. The van der Waals surface area contributed by atoms with Crippen molar-refractivity contribution in [2.45, 2.75) is 13.2 Å². The maximum atomic E-state index is 8.55. The Morgan fingerprint density at radius 1 is 1.67 bits per heavy atom. The second-order valence-electron chi connectivity index (χ2n) is 1.78. The van der Waals surface area contributed by atoms with E-state index in [1.54, 1.807) is 6.07 Å². The quantitative estimate of drug-likeness (QED) is 0.597. The van der Waals surface area contributed by atoms with Crippen LogP contribution < -0.4 is 5.73 Å². The summed E-state index contributed by atoms with van der Waals surface area (Å²) in [6.07, 6.45) is 1.50. The van der Waals surface area contributed by atoms with Gasteiger partial charge in [-0.25, -0.2) is 0 Å². The fraction of sp³-hybridized carbons (Fsp3) is 0.333. The number of furan rings is 1. The normalized spacial score (nSPS) is 10.0. The second-order valence-corrected chi connectivity index (χ2v) is 1.78. The third-order valence-corrected chi connectivity index (χ3v) is 1.09. The molecule has 0 unspecified atom stereocenters. The van der Waals surface area contributed by atoms with Crippen LogP contribution in [0.2, 0.25) is 0 Å². The molecule has 50 valence electrons. The van der Waals surface area contributed by atoms with Gasteiger partial charge in [-0.2, -0.15) is 0 Å². The molecule has 0 spiro atoms. The van der Waals surface area contributed by atoms with Crippen LogP contribution in [0.1, 0.15) is 11.3 Å². The molecule has 1 heterocycles. The first-order chi connectivity index (χ1) is 4.36.